The molecule has 1 saturated heterocycles. The highest BCUT2D eigenvalue weighted by Crippen LogP contribution is 2.22. The summed E-state index contributed by atoms with van der Waals surface area (Å²) in [7, 11) is 1.93. The monoisotopic (exact) mass is 181 g/mol. The fourth-order valence-corrected chi connectivity index (χ4v) is 1.61. The fraction of sp³-hybridized carbons (Fsp3) is 0.667. The molecular weight excluding hydrogens is 166 g/mol. The normalized spacial score (nSPS) is 22.4. The van der Waals surface area contributed by atoms with Crippen LogP contribution in [0.5, 0.6) is 0 Å². The number of H-pyrrole nitrogens is 1. The molecule has 0 aromatic carbocycles. The zero-order valence-electron chi connectivity index (χ0n) is 7.84. The summed E-state index contributed by atoms with van der Waals surface area (Å²) in [5.41, 5.74) is 1.14. The van der Waals surface area contributed by atoms with Gasteiger partial charge < -0.3 is 15.0 Å². The Labute approximate surface area is 77.7 Å². The first kappa shape index (κ1) is 8.72. The molecule has 4 heteroatoms. The van der Waals surface area contributed by atoms with Crippen LogP contribution in [0.4, 0.5) is 0 Å². The van der Waals surface area contributed by atoms with E-state index in [0.29, 0.717) is 5.92 Å². The first-order chi connectivity index (χ1) is 6.40. The second kappa shape index (κ2) is 3.89. The molecule has 1 aromatic rings. The summed E-state index contributed by atoms with van der Waals surface area (Å²) in [6.45, 7) is 2.53. The van der Waals surface area contributed by atoms with E-state index in [1.807, 2.05) is 13.2 Å². The third-order valence-corrected chi connectivity index (χ3v) is 2.33. The van der Waals surface area contributed by atoms with Crippen molar-refractivity contribution < 1.29 is 4.74 Å². The lowest BCUT2D eigenvalue weighted by atomic mass is 10.1. The van der Waals surface area contributed by atoms with Gasteiger partial charge in [0.1, 0.15) is 5.82 Å². The van der Waals surface area contributed by atoms with Crippen molar-refractivity contribution >= 4 is 0 Å². The summed E-state index contributed by atoms with van der Waals surface area (Å²) >= 11 is 0. The molecule has 0 aliphatic carbocycles. The fourth-order valence-electron chi connectivity index (χ4n) is 1.61. The second-order valence-electron chi connectivity index (χ2n) is 3.38. The van der Waals surface area contributed by atoms with Crippen molar-refractivity contribution in [2.45, 2.75) is 18.9 Å². The molecule has 0 spiro atoms. The Morgan fingerprint density at radius 1 is 1.77 bits per heavy atom. The van der Waals surface area contributed by atoms with Crippen molar-refractivity contribution in [3.05, 3.63) is 17.7 Å². The minimum Gasteiger partial charge on any atom is -0.381 e. The van der Waals surface area contributed by atoms with Crippen LogP contribution in [-0.2, 0) is 11.3 Å². The highest BCUT2D eigenvalue weighted by atomic mass is 16.5. The van der Waals surface area contributed by atoms with Gasteiger partial charge in [-0.05, 0) is 13.5 Å². The van der Waals surface area contributed by atoms with E-state index in [0.717, 1.165) is 37.7 Å². The van der Waals surface area contributed by atoms with Crippen molar-refractivity contribution in [3.8, 4) is 0 Å². The zero-order chi connectivity index (χ0) is 9.10. The highest BCUT2D eigenvalue weighted by molar-refractivity contribution is 5.06. The SMILES string of the molecule is CNCc1cnc(C2CCOC2)[nH]1. The van der Waals surface area contributed by atoms with Gasteiger partial charge in [-0.3, -0.25) is 0 Å². The first-order valence-corrected chi connectivity index (χ1v) is 4.66. The molecule has 1 aromatic heterocycles. The Kier molecular flexibility index (Phi) is 2.61. The maximum Gasteiger partial charge on any atom is 0.111 e. The van der Waals surface area contributed by atoms with Crippen LogP contribution in [0.2, 0.25) is 0 Å². The number of ether oxygens (including phenoxy) is 1. The summed E-state index contributed by atoms with van der Waals surface area (Å²) in [6.07, 6.45) is 2.98. The van der Waals surface area contributed by atoms with Gasteiger partial charge in [-0.15, -0.1) is 0 Å². The van der Waals surface area contributed by atoms with E-state index >= 15 is 0 Å². The van der Waals surface area contributed by atoms with Gasteiger partial charge in [-0.25, -0.2) is 4.98 Å². The number of nitrogens with zero attached hydrogens (tertiary/aromatic N) is 1. The number of imidazole rings is 1. The maximum atomic E-state index is 5.31. The van der Waals surface area contributed by atoms with Gasteiger partial charge in [0.25, 0.3) is 0 Å². The van der Waals surface area contributed by atoms with E-state index in [1.54, 1.807) is 0 Å². The van der Waals surface area contributed by atoms with E-state index in [9.17, 15) is 0 Å². The number of nitrogens with one attached hydrogen (secondary N) is 2. The molecular formula is C9H15N3O. The molecule has 4 nitrogen and oxygen atoms in total. The molecule has 1 aliphatic rings. The van der Waals surface area contributed by atoms with E-state index in [4.69, 9.17) is 4.74 Å². The Balaban J connectivity index is 2.03. The average Bonchev–Trinajstić information content (AvgIpc) is 2.70. The van der Waals surface area contributed by atoms with Gasteiger partial charge in [-0.2, -0.15) is 0 Å². The number of hydrogen-bond acceptors (Lipinski definition) is 3. The molecule has 72 valence electrons. The molecule has 0 saturated carbocycles. The van der Waals surface area contributed by atoms with Gasteiger partial charge in [0.2, 0.25) is 0 Å². The van der Waals surface area contributed by atoms with Crippen LogP contribution < -0.4 is 5.32 Å². The quantitative estimate of drug-likeness (QED) is 0.719. The Hall–Kier alpha value is -0.870. The molecule has 1 atom stereocenters. The van der Waals surface area contributed by atoms with Crippen molar-refractivity contribution in [2.24, 2.45) is 0 Å². The standard InChI is InChI=1S/C9H15N3O/c1-10-4-8-5-11-9(12-8)7-2-3-13-6-7/h5,7,10H,2-4,6H2,1H3,(H,11,12). The minimum atomic E-state index is 0.477. The van der Waals surface area contributed by atoms with Gasteiger partial charge in [0.15, 0.2) is 0 Å². The smallest absolute Gasteiger partial charge is 0.111 e. The van der Waals surface area contributed by atoms with E-state index in [2.05, 4.69) is 15.3 Å². The minimum absolute atomic E-state index is 0.477. The molecule has 2 N–H and O–H groups in total. The third-order valence-electron chi connectivity index (χ3n) is 2.33. The summed E-state index contributed by atoms with van der Waals surface area (Å²) in [4.78, 5) is 7.64. The van der Waals surface area contributed by atoms with E-state index < -0.39 is 0 Å². The van der Waals surface area contributed by atoms with Gasteiger partial charge in [-0.1, -0.05) is 0 Å². The molecule has 0 radical (unpaired) electrons. The van der Waals surface area contributed by atoms with E-state index in [1.165, 1.54) is 0 Å². The van der Waals surface area contributed by atoms with Crippen molar-refractivity contribution in [3.63, 3.8) is 0 Å². The summed E-state index contributed by atoms with van der Waals surface area (Å²) < 4.78 is 5.31. The van der Waals surface area contributed by atoms with Crippen molar-refractivity contribution in [1.29, 1.82) is 0 Å². The average molecular weight is 181 g/mol. The third kappa shape index (κ3) is 1.89. The zero-order valence-corrected chi connectivity index (χ0v) is 7.84. The molecule has 1 unspecified atom stereocenters. The maximum absolute atomic E-state index is 5.31. The largest absolute Gasteiger partial charge is 0.381 e. The molecule has 2 rings (SSSR count). The van der Waals surface area contributed by atoms with Crippen molar-refractivity contribution in [1.82, 2.24) is 15.3 Å². The number of hydrogen-bond donors (Lipinski definition) is 2. The molecule has 13 heavy (non-hydrogen) atoms. The molecule has 2 heterocycles. The van der Waals surface area contributed by atoms with Gasteiger partial charge >= 0.3 is 0 Å². The van der Waals surface area contributed by atoms with Crippen LogP contribution in [0.15, 0.2) is 6.20 Å². The Morgan fingerprint density at radius 3 is 3.38 bits per heavy atom. The van der Waals surface area contributed by atoms with Crippen LogP contribution in [-0.4, -0.2) is 30.2 Å². The Morgan fingerprint density at radius 2 is 2.69 bits per heavy atom. The van der Waals surface area contributed by atoms with Crippen LogP contribution >= 0.6 is 0 Å². The predicted molar refractivity (Wildman–Crippen MR) is 49.5 cm³/mol. The van der Waals surface area contributed by atoms with Crippen LogP contribution in [0.1, 0.15) is 23.9 Å². The molecule has 0 amide bonds. The van der Waals surface area contributed by atoms with Gasteiger partial charge in [0.05, 0.1) is 6.61 Å². The molecule has 1 fully saturated rings. The Bertz CT molecular complexity index is 266. The van der Waals surface area contributed by atoms with Gasteiger partial charge in [0, 0.05) is 31.0 Å². The van der Waals surface area contributed by atoms with Crippen LogP contribution in [0, 0.1) is 0 Å². The lowest BCUT2D eigenvalue weighted by Crippen LogP contribution is -2.06. The topological polar surface area (TPSA) is 49.9 Å². The van der Waals surface area contributed by atoms with Crippen LogP contribution in [0.25, 0.3) is 0 Å². The first-order valence-electron chi connectivity index (χ1n) is 4.66. The highest BCUT2D eigenvalue weighted by Gasteiger charge is 2.20. The number of aromatic amines is 1. The second-order valence-corrected chi connectivity index (χ2v) is 3.38. The number of aromatic nitrogens is 2. The van der Waals surface area contributed by atoms with Crippen LogP contribution in [0.3, 0.4) is 0 Å². The number of rotatable bonds is 3. The summed E-state index contributed by atoms with van der Waals surface area (Å²) in [6, 6.07) is 0. The molecule has 0 bridgehead atoms. The van der Waals surface area contributed by atoms with E-state index in [-0.39, 0.29) is 0 Å². The van der Waals surface area contributed by atoms with Crippen molar-refractivity contribution in [2.75, 3.05) is 20.3 Å². The lowest BCUT2D eigenvalue weighted by Gasteiger charge is -2.01. The lowest BCUT2D eigenvalue weighted by molar-refractivity contribution is 0.193. The molecule has 1 aliphatic heterocycles. The predicted octanol–water partition coefficient (Wildman–Crippen LogP) is 0.633. The summed E-state index contributed by atoms with van der Waals surface area (Å²) in [5, 5.41) is 3.09. The summed E-state index contributed by atoms with van der Waals surface area (Å²) in [5.74, 6) is 1.55.